The molecule has 2 rings (SSSR count). The largest absolute Gasteiger partial charge is 0.352 e. The lowest BCUT2D eigenvalue weighted by molar-refractivity contribution is 0.0953. The minimum absolute atomic E-state index is 0.00263. The fourth-order valence-corrected chi connectivity index (χ4v) is 1.71. The maximum absolute atomic E-state index is 11.8. The zero-order valence-corrected chi connectivity index (χ0v) is 9.94. The second-order valence-corrected chi connectivity index (χ2v) is 4.05. The van der Waals surface area contributed by atoms with Crippen molar-refractivity contribution >= 4 is 16.7 Å². The number of unbranched alkanes of at least 4 members (excludes halogenated alkanes) is 1. The summed E-state index contributed by atoms with van der Waals surface area (Å²) in [6, 6.07) is 7.58. The van der Waals surface area contributed by atoms with Gasteiger partial charge in [0.05, 0.1) is 0 Å². The number of pyridine rings is 1. The molecule has 0 fully saturated rings. The van der Waals surface area contributed by atoms with Crippen LogP contribution in [0.3, 0.4) is 0 Å². The van der Waals surface area contributed by atoms with Crippen LogP contribution in [0.4, 0.5) is 0 Å². The van der Waals surface area contributed by atoms with E-state index in [1.54, 1.807) is 12.4 Å². The highest BCUT2D eigenvalue weighted by Crippen LogP contribution is 2.14. The van der Waals surface area contributed by atoms with Crippen LogP contribution in [-0.2, 0) is 0 Å². The van der Waals surface area contributed by atoms with Gasteiger partial charge in [-0.15, -0.1) is 0 Å². The van der Waals surface area contributed by atoms with Crippen LogP contribution in [0.5, 0.6) is 0 Å². The third kappa shape index (κ3) is 2.81. The van der Waals surface area contributed by atoms with Gasteiger partial charge in [-0.25, -0.2) is 0 Å². The van der Waals surface area contributed by atoms with E-state index in [0.29, 0.717) is 5.56 Å². The number of nitrogens with one attached hydrogen (secondary N) is 1. The van der Waals surface area contributed by atoms with E-state index in [0.717, 1.165) is 30.2 Å². The molecule has 0 aliphatic rings. The lowest BCUT2D eigenvalue weighted by Gasteiger charge is -2.05. The molecule has 0 aliphatic heterocycles. The average Bonchev–Trinajstić information content (AvgIpc) is 2.38. The topological polar surface area (TPSA) is 42.0 Å². The number of amides is 1. The summed E-state index contributed by atoms with van der Waals surface area (Å²) in [5, 5.41) is 5.01. The minimum atomic E-state index is -0.00263. The van der Waals surface area contributed by atoms with E-state index in [4.69, 9.17) is 0 Å². The standard InChI is InChI=1S/C14H16N2O/c1-2-3-7-16-14(17)12-4-5-13-10-15-8-6-11(13)9-12/h4-6,8-10H,2-3,7H2,1H3,(H,16,17). The summed E-state index contributed by atoms with van der Waals surface area (Å²) in [7, 11) is 0. The highest BCUT2D eigenvalue weighted by molar-refractivity contribution is 5.98. The normalized spacial score (nSPS) is 10.4. The maximum atomic E-state index is 11.8. The molecule has 17 heavy (non-hydrogen) atoms. The molecule has 0 aliphatic carbocycles. The molecule has 3 nitrogen and oxygen atoms in total. The quantitative estimate of drug-likeness (QED) is 0.817. The minimum Gasteiger partial charge on any atom is -0.352 e. The second kappa shape index (κ2) is 5.43. The molecule has 2 aromatic rings. The molecule has 88 valence electrons. The Bertz CT molecular complexity index is 522. The van der Waals surface area contributed by atoms with Crippen molar-refractivity contribution in [3.63, 3.8) is 0 Å². The van der Waals surface area contributed by atoms with Gasteiger partial charge in [-0.1, -0.05) is 19.4 Å². The van der Waals surface area contributed by atoms with Gasteiger partial charge >= 0.3 is 0 Å². The zero-order chi connectivity index (χ0) is 12.1. The van der Waals surface area contributed by atoms with Gasteiger partial charge in [0.25, 0.3) is 5.91 Å². The van der Waals surface area contributed by atoms with Crippen molar-refractivity contribution in [1.82, 2.24) is 10.3 Å². The van der Waals surface area contributed by atoms with Crippen molar-refractivity contribution in [2.24, 2.45) is 0 Å². The van der Waals surface area contributed by atoms with E-state index in [1.807, 2.05) is 24.3 Å². The van der Waals surface area contributed by atoms with Crippen molar-refractivity contribution in [2.75, 3.05) is 6.54 Å². The first-order valence-electron chi connectivity index (χ1n) is 5.93. The molecule has 0 saturated carbocycles. The molecule has 0 atom stereocenters. The molecule has 0 bridgehead atoms. The Balaban J connectivity index is 2.15. The molecule has 1 N–H and O–H groups in total. The molecule has 0 spiro atoms. The third-order valence-corrected chi connectivity index (χ3v) is 2.72. The molecule has 3 heteroatoms. The van der Waals surface area contributed by atoms with E-state index in [1.165, 1.54) is 0 Å². The van der Waals surface area contributed by atoms with Crippen LogP contribution < -0.4 is 5.32 Å². The van der Waals surface area contributed by atoms with Crippen molar-refractivity contribution in [3.8, 4) is 0 Å². The van der Waals surface area contributed by atoms with E-state index < -0.39 is 0 Å². The maximum Gasteiger partial charge on any atom is 0.251 e. The molecular formula is C14H16N2O. The lowest BCUT2D eigenvalue weighted by Crippen LogP contribution is -2.24. The van der Waals surface area contributed by atoms with E-state index in [9.17, 15) is 4.79 Å². The van der Waals surface area contributed by atoms with E-state index in [-0.39, 0.29) is 5.91 Å². The highest BCUT2D eigenvalue weighted by Gasteiger charge is 2.05. The van der Waals surface area contributed by atoms with Gasteiger partial charge < -0.3 is 5.32 Å². The molecule has 1 amide bonds. The number of nitrogens with zero attached hydrogens (tertiary/aromatic N) is 1. The van der Waals surface area contributed by atoms with Crippen LogP contribution in [0.2, 0.25) is 0 Å². The molecule has 1 aromatic heterocycles. The Labute approximate surface area is 101 Å². The number of benzene rings is 1. The zero-order valence-electron chi connectivity index (χ0n) is 9.94. The van der Waals surface area contributed by atoms with Crippen LogP contribution in [0, 0.1) is 0 Å². The van der Waals surface area contributed by atoms with Gasteiger partial charge in [-0.3, -0.25) is 9.78 Å². The summed E-state index contributed by atoms with van der Waals surface area (Å²) < 4.78 is 0. The van der Waals surface area contributed by atoms with Gasteiger partial charge in [0.15, 0.2) is 0 Å². The van der Waals surface area contributed by atoms with Crippen LogP contribution in [0.15, 0.2) is 36.7 Å². The predicted molar refractivity (Wildman–Crippen MR) is 69.0 cm³/mol. The second-order valence-electron chi connectivity index (χ2n) is 4.05. The molecule has 1 aromatic carbocycles. The summed E-state index contributed by atoms with van der Waals surface area (Å²) in [4.78, 5) is 15.9. The monoisotopic (exact) mass is 228 g/mol. The Morgan fingerprint density at radius 1 is 1.29 bits per heavy atom. The Morgan fingerprint density at radius 2 is 2.18 bits per heavy atom. The van der Waals surface area contributed by atoms with Gasteiger partial charge in [-0.2, -0.15) is 0 Å². The summed E-state index contributed by atoms with van der Waals surface area (Å²) in [5.74, 6) is -0.00263. The molecule has 0 unspecified atom stereocenters. The van der Waals surface area contributed by atoms with Crippen molar-refractivity contribution in [2.45, 2.75) is 19.8 Å². The fraction of sp³-hybridized carbons (Fsp3) is 0.286. The van der Waals surface area contributed by atoms with Gasteiger partial charge in [0.1, 0.15) is 0 Å². The smallest absolute Gasteiger partial charge is 0.251 e. The first kappa shape index (κ1) is 11.6. The van der Waals surface area contributed by atoms with E-state index in [2.05, 4.69) is 17.2 Å². The number of aromatic nitrogens is 1. The number of hydrogen-bond donors (Lipinski definition) is 1. The number of carbonyl (C=O) groups excluding carboxylic acids is 1. The number of hydrogen-bond acceptors (Lipinski definition) is 2. The molecule has 1 heterocycles. The summed E-state index contributed by atoms with van der Waals surface area (Å²) >= 11 is 0. The average molecular weight is 228 g/mol. The van der Waals surface area contributed by atoms with Crippen LogP contribution >= 0.6 is 0 Å². The van der Waals surface area contributed by atoms with Crippen LogP contribution in [-0.4, -0.2) is 17.4 Å². The Morgan fingerprint density at radius 3 is 3.00 bits per heavy atom. The Kier molecular flexibility index (Phi) is 3.70. The number of fused-ring (bicyclic) bond motifs is 1. The van der Waals surface area contributed by atoms with Crippen molar-refractivity contribution < 1.29 is 4.79 Å². The summed E-state index contributed by atoms with van der Waals surface area (Å²) in [5.41, 5.74) is 0.708. The molecule has 0 saturated heterocycles. The Hall–Kier alpha value is -1.90. The van der Waals surface area contributed by atoms with Crippen LogP contribution in [0.25, 0.3) is 10.8 Å². The number of rotatable bonds is 4. The molecule has 0 radical (unpaired) electrons. The van der Waals surface area contributed by atoms with E-state index >= 15 is 0 Å². The molecular weight excluding hydrogens is 212 g/mol. The highest BCUT2D eigenvalue weighted by atomic mass is 16.1. The van der Waals surface area contributed by atoms with Crippen molar-refractivity contribution in [3.05, 3.63) is 42.2 Å². The first-order chi connectivity index (χ1) is 8.31. The van der Waals surface area contributed by atoms with Gasteiger partial charge in [0, 0.05) is 29.9 Å². The number of carbonyl (C=O) groups is 1. The SMILES string of the molecule is CCCCNC(=O)c1ccc2cnccc2c1. The first-order valence-corrected chi connectivity index (χ1v) is 5.93. The summed E-state index contributed by atoms with van der Waals surface area (Å²) in [6.45, 7) is 2.85. The lowest BCUT2D eigenvalue weighted by atomic mass is 10.1. The van der Waals surface area contributed by atoms with Crippen molar-refractivity contribution in [1.29, 1.82) is 0 Å². The van der Waals surface area contributed by atoms with Gasteiger partial charge in [0.2, 0.25) is 0 Å². The fourth-order valence-electron chi connectivity index (χ4n) is 1.71. The third-order valence-electron chi connectivity index (χ3n) is 2.72. The van der Waals surface area contributed by atoms with Crippen LogP contribution in [0.1, 0.15) is 30.1 Å². The summed E-state index contributed by atoms with van der Waals surface area (Å²) in [6.07, 6.45) is 5.64. The van der Waals surface area contributed by atoms with Gasteiger partial charge in [-0.05, 0) is 30.0 Å². The predicted octanol–water partition coefficient (Wildman–Crippen LogP) is 2.76.